The zero-order valence-corrected chi connectivity index (χ0v) is 11.3. The van der Waals surface area contributed by atoms with E-state index in [9.17, 15) is 24.9 Å². The number of aromatic hydroxyl groups is 3. The molecule has 5 N–H and O–H groups in total. The second-order valence-corrected chi connectivity index (χ2v) is 4.32. The van der Waals surface area contributed by atoms with Crippen molar-refractivity contribution in [1.82, 2.24) is 0 Å². The van der Waals surface area contributed by atoms with E-state index in [0.717, 1.165) is 0 Å². The largest absolute Gasteiger partial charge is 0.504 e. The van der Waals surface area contributed by atoms with Crippen molar-refractivity contribution in [3.05, 3.63) is 41.5 Å². The summed E-state index contributed by atoms with van der Waals surface area (Å²) in [6.45, 7) is 0. The van der Waals surface area contributed by atoms with Gasteiger partial charge in [-0.25, -0.2) is 9.59 Å². The Labute approximate surface area is 128 Å². The highest BCUT2D eigenvalue weighted by atomic mass is 16.4. The molecule has 118 valence electrons. The molecule has 0 fully saturated rings. The Morgan fingerprint density at radius 2 is 1.43 bits per heavy atom. The second-order valence-electron chi connectivity index (χ2n) is 4.32. The van der Waals surface area contributed by atoms with Crippen molar-refractivity contribution in [1.29, 1.82) is 0 Å². The SMILES string of the molecule is O=C(O)c1ccccc1N=Nc1c(C(=O)O)cc(O)c(O)c1O. The lowest BCUT2D eigenvalue weighted by molar-refractivity contribution is 0.0686. The first-order chi connectivity index (χ1) is 10.8. The molecule has 0 spiro atoms. The summed E-state index contributed by atoms with van der Waals surface area (Å²) < 4.78 is 0. The lowest BCUT2D eigenvalue weighted by Gasteiger charge is -2.07. The van der Waals surface area contributed by atoms with E-state index in [1.54, 1.807) is 0 Å². The van der Waals surface area contributed by atoms with Crippen molar-refractivity contribution < 1.29 is 35.1 Å². The molecular weight excluding hydrogens is 308 g/mol. The summed E-state index contributed by atoms with van der Waals surface area (Å²) in [5, 5.41) is 53.7. The predicted octanol–water partition coefficient (Wildman–Crippen LogP) is 2.62. The molecule has 0 unspecified atom stereocenters. The highest BCUT2D eigenvalue weighted by Gasteiger charge is 2.21. The van der Waals surface area contributed by atoms with Crippen LogP contribution in [0.2, 0.25) is 0 Å². The summed E-state index contributed by atoms with van der Waals surface area (Å²) in [7, 11) is 0. The summed E-state index contributed by atoms with van der Waals surface area (Å²) in [5.74, 6) is -5.59. The molecule has 0 amide bonds. The number of azo groups is 1. The summed E-state index contributed by atoms with van der Waals surface area (Å²) >= 11 is 0. The van der Waals surface area contributed by atoms with Gasteiger partial charge >= 0.3 is 11.9 Å². The summed E-state index contributed by atoms with van der Waals surface area (Å²) in [6, 6.07) is 6.24. The standard InChI is InChI=1S/C14H10N2O7/c17-9-5-7(14(22)23)10(12(19)11(9)18)16-15-8-4-2-1-3-6(8)13(20)21/h1-5,17-19H,(H,20,21)(H,22,23). The van der Waals surface area contributed by atoms with Crippen LogP contribution >= 0.6 is 0 Å². The monoisotopic (exact) mass is 318 g/mol. The van der Waals surface area contributed by atoms with Crippen LogP contribution < -0.4 is 0 Å². The molecule has 0 atom stereocenters. The molecule has 0 radical (unpaired) electrons. The summed E-state index contributed by atoms with van der Waals surface area (Å²) in [5.41, 5.74) is -1.50. The normalized spacial score (nSPS) is 10.8. The van der Waals surface area contributed by atoms with Gasteiger partial charge in [0.25, 0.3) is 0 Å². The van der Waals surface area contributed by atoms with Crippen LogP contribution in [0.5, 0.6) is 17.2 Å². The number of phenols is 3. The molecule has 0 aliphatic carbocycles. The van der Waals surface area contributed by atoms with E-state index in [1.807, 2.05) is 0 Å². The lowest BCUT2D eigenvalue weighted by atomic mass is 10.1. The molecule has 2 aromatic carbocycles. The Kier molecular flexibility index (Phi) is 4.12. The zero-order valence-electron chi connectivity index (χ0n) is 11.3. The minimum Gasteiger partial charge on any atom is -0.504 e. The van der Waals surface area contributed by atoms with Gasteiger partial charge in [0.05, 0.1) is 11.1 Å². The van der Waals surface area contributed by atoms with Crippen LogP contribution in [0.1, 0.15) is 20.7 Å². The van der Waals surface area contributed by atoms with Crippen molar-refractivity contribution in [2.75, 3.05) is 0 Å². The molecule has 0 aromatic heterocycles. The van der Waals surface area contributed by atoms with E-state index in [0.29, 0.717) is 6.07 Å². The number of benzene rings is 2. The smallest absolute Gasteiger partial charge is 0.338 e. The van der Waals surface area contributed by atoms with Gasteiger partial charge in [0.2, 0.25) is 5.75 Å². The van der Waals surface area contributed by atoms with E-state index in [2.05, 4.69) is 10.2 Å². The van der Waals surface area contributed by atoms with Crippen LogP contribution in [0.4, 0.5) is 11.4 Å². The molecule has 0 saturated heterocycles. The average Bonchev–Trinajstić information content (AvgIpc) is 2.51. The number of carboxylic acid groups (broad SMARTS) is 2. The molecular formula is C14H10N2O7. The summed E-state index contributed by atoms with van der Waals surface area (Å²) in [4.78, 5) is 22.2. The molecule has 0 bridgehead atoms. The van der Waals surface area contributed by atoms with Gasteiger partial charge < -0.3 is 25.5 Å². The number of aromatic carboxylic acids is 2. The van der Waals surface area contributed by atoms with Gasteiger partial charge in [-0.1, -0.05) is 12.1 Å². The van der Waals surface area contributed by atoms with E-state index in [4.69, 9.17) is 10.2 Å². The number of carbonyl (C=O) groups is 2. The fourth-order valence-corrected chi connectivity index (χ4v) is 1.74. The van der Waals surface area contributed by atoms with Crippen molar-refractivity contribution >= 4 is 23.3 Å². The third-order valence-electron chi connectivity index (χ3n) is 2.85. The molecule has 9 nitrogen and oxygen atoms in total. The van der Waals surface area contributed by atoms with E-state index >= 15 is 0 Å². The Bertz CT molecular complexity index is 830. The van der Waals surface area contributed by atoms with Gasteiger partial charge in [0.15, 0.2) is 11.5 Å². The van der Waals surface area contributed by atoms with Crippen molar-refractivity contribution in [3.63, 3.8) is 0 Å². The number of hydrogen-bond donors (Lipinski definition) is 5. The van der Waals surface area contributed by atoms with Crippen LogP contribution in [0, 0.1) is 0 Å². The van der Waals surface area contributed by atoms with Gasteiger partial charge in [-0.05, 0) is 12.1 Å². The Morgan fingerprint density at radius 1 is 0.826 bits per heavy atom. The maximum atomic E-state index is 11.1. The third kappa shape index (κ3) is 3.02. The third-order valence-corrected chi connectivity index (χ3v) is 2.85. The van der Waals surface area contributed by atoms with Gasteiger partial charge in [-0.3, -0.25) is 0 Å². The second kappa shape index (κ2) is 6.02. The van der Waals surface area contributed by atoms with Gasteiger partial charge in [0, 0.05) is 6.07 Å². The Balaban J connectivity index is 2.59. The molecule has 2 rings (SSSR count). The van der Waals surface area contributed by atoms with Crippen LogP contribution in [-0.4, -0.2) is 37.5 Å². The first-order valence-electron chi connectivity index (χ1n) is 6.08. The maximum Gasteiger partial charge on any atom is 0.338 e. The fraction of sp³-hybridized carbons (Fsp3) is 0. The van der Waals surface area contributed by atoms with Crippen LogP contribution in [0.15, 0.2) is 40.6 Å². The fourth-order valence-electron chi connectivity index (χ4n) is 1.74. The average molecular weight is 318 g/mol. The van der Waals surface area contributed by atoms with Crippen molar-refractivity contribution in [2.45, 2.75) is 0 Å². The van der Waals surface area contributed by atoms with E-state index in [-0.39, 0.29) is 11.3 Å². The number of nitrogens with zero attached hydrogens (tertiary/aromatic N) is 2. The maximum absolute atomic E-state index is 11.1. The van der Waals surface area contributed by atoms with Crippen molar-refractivity contribution in [3.8, 4) is 17.2 Å². The Hall–Kier alpha value is -3.62. The first kappa shape index (κ1) is 15.8. The minimum absolute atomic E-state index is 0.0803. The topological polar surface area (TPSA) is 160 Å². The lowest BCUT2D eigenvalue weighted by Crippen LogP contribution is -1.97. The molecule has 0 aliphatic rings. The predicted molar refractivity (Wildman–Crippen MR) is 76.0 cm³/mol. The van der Waals surface area contributed by atoms with Crippen LogP contribution in [0.3, 0.4) is 0 Å². The molecule has 9 heteroatoms. The molecule has 2 aromatic rings. The molecule has 0 saturated carbocycles. The van der Waals surface area contributed by atoms with Crippen LogP contribution in [-0.2, 0) is 0 Å². The van der Waals surface area contributed by atoms with Gasteiger partial charge in [-0.2, -0.15) is 0 Å². The van der Waals surface area contributed by atoms with Gasteiger partial charge in [-0.15, -0.1) is 10.2 Å². The minimum atomic E-state index is -1.53. The van der Waals surface area contributed by atoms with E-state index in [1.165, 1.54) is 24.3 Å². The number of hydrogen-bond acceptors (Lipinski definition) is 7. The quantitative estimate of drug-likeness (QED) is 0.427. The van der Waals surface area contributed by atoms with Crippen molar-refractivity contribution in [2.24, 2.45) is 10.2 Å². The Morgan fingerprint density at radius 3 is 2.04 bits per heavy atom. The first-order valence-corrected chi connectivity index (χ1v) is 6.08. The number of rotatable bonds is 4. The molecule has 0 aliphatic heterocycles. The van der Waals surface area contributed by atoms with Crippen LogP contribution in [0.25, 0.3) is 0 Å². The van der Waals surface area contributed by atoms with E-state index < -0.39 is 40.4 Å². The molecule has 0 heterocycles. The highest BCUT2D eigenvalue weighted by Crippen LogP contribution is 2.45. The number of carboxylic acids is 2. The zero-order chi connectivity index (χ0) is 17.1. The molecule has 23 heavy (non-hydrogen) atoms. The number of phenolic OH excluding ortho intramolecular Hbond substituents is 3. The highest BCUT2D eigenvalue weighted by molar-refractivity contribution is 5.97. The van der Waals surface area contributed by atoms with Gasteiger partial charge in [0.1, 0.15) is 11.4 Å². The summed E-state index contributed by atoms with van der Waals surface area (Å²) in [6.07, 6.45) is 0.